The Balaban J connectivity index is 0.000000179. The molecule has 11 nitrogen and oxygen atoms in total. The molecular weight excluding hydrogens is 786 g/mol. The lowest BCUT2D eigenvalue weighted by Crippen LogP contribution is -2.45. The number of halogens is 6. The minimum Gasteiger partial charge on any atom is -0.394 e. The van der Waals surface area contributed by atoms with E-state index in [4.69, 9.17) is 0 Å². The van der Waals surface area contributed by atoms with E-state index in [1.54, 1.807) is 43.5 Å². The zero-order chi connectivity index (χ0) is 42.8. The number of nitrogens with zero attached hydrogens (tertiary/aromatic N) is 4. The Morgan fingerprint density at radius 3 is 1.24 bits per heavy atom. The predicted molar refractivity (Wildman–Crippen MR) is 201 cm³/mol. The van der Waals surface area contributed by atoms with E-state index < -0.39 is 54.5 Å². The van der Waals surface area contributed by atoms with Crippen molar-refractivity contribution in [1.29, 1.82) is 0 Å². The monoisotopic (exact) mass is 824 g/mol. The van der Waals surface area contributed by atoms with E-state index in [-0.39, 0.29) is 52.2 Å². The van der Waals surface area contributed by atoms with Gasteiger partial charge < -0.3 is 35.7 Å². The van der Waals surface area contributed by atoms with E-state index in [9.17, 15) is 62.1 Å². The highest BCUT2D eigenvalue weighted by Crippen LogP contribution is 2.58. The summed E-state index contributed by atoms with van der Waals surface area (Å²) >= 11 is 0. The second-order valence-corrected chi connectivity index (χ2v) is 14.8. The first kappa shape index (κ1) is 41.7. The molecule has 0 bridgehead atoms. The first-order valence-electron chi connectivity index (χ1n) is 18.1. The molecule has 2 aliphatic rings. The van der Waals surface area contributed by atoms with Crippen LogP contribution in [0.25, 0.3) is 44.5 Å². The van der Waals surface area contributed by atoms with Gasteiger partial charge >= 0.3 is 12.4 Å². The normalized spacial score (nSPS) is 18.5. The fourth-order valence-electron chi connectivity index (χ4n) is 7.74. The van der Waals surface area contributed by atoms with Crippen molar-refractivity contribution in [3.05, 3.63) is 132 Å². The lowest BCUT2D eigenvalue weighted by molar-refractivity contribution is -0.247. The molecule has 310 valence electrons. The molecule has 17 heteroatoms. The van der Waals surface area contributed by atoms with Gasteiger partial charge in [0.25, 0.3) is 0 Å². The number of hydrogen-bond acceptors (Lipinski definition) is 9. The molecule has 0 radical (unpaired) electrons. The van der Waals surface area contributed by atoms with Gasteiger partial charge in [-0.05, 0) is 40.3 Å². The van der Waals surface area contributed by atoms with Crippen molar-refractivity contribution in [1.82, 2.24) is 19.6 Å². The summed E-state index contributed by atoms with van der Waals surface area (Å²) in [7, 11) is 0. The van der Waals surface area contributed by atoms with Gasteiger partial charge in [-0.3, -0.25) is 9.36 Å². The van der Waals surface area contributed by atoms with Crippen molar-refractivity contribution in [2.24, 2.45) is 0 Å². The van der Waals surface area contributed by atoms with Crippen LogP contribution >= 0.6 is 0 Å². The summed E-state index contributed by atoms with van der Waals surface area (Å²) in [5.74, 6) is 0. The van der Waals surface area contributed by atoms with Gasteiger partial charge in [0.2, 0.25) is 11.2 Å². The molecule has 8 rings (SSSR count). The molecule has 0 saturated carbocycles. The Morgan fingerprint density at radius 1 is 0.492 bits per heavy atom. The Hall–Kier alpha value is -5.40. The van der Waals surface area contributed by atoms with Crippen LogP contribution in [-0.2, 0) is 22.3 Å². The van der Waals surface area contributed by atoms with Gasteiger partial charge in [0.05, 0.1) is 45.4 Å². The second-order valence-electron chi connectivity index (χ2n) is 14.8. The van der Waals surface area contributed by atoms with Gasteiger partial charge in [0.15, 0.2) is 0 Å². The molecule has 59 heavy (non-hydrogen) atoms. The van der Waals surface area contributed by atoms with Crippen LogP contribution in [0.2, 0.25) is 0 Å². The number of aromatic nitrogens is 4. The minimum absolute atomic E-state index is 0.210. The smallest absolute Gasteiger partial charge is 0.394 e. The van der Waals surface area contributed by atoms with E-state index >= 15 is 0 Å². The van der Waals surface area contributed by atoms with Crippen LogP contribution in [0.1, 0.15) is 29.2 Å². The fourth-order valence-corrected chi connectivity index (χ4v) is 7.74. The number of rotatable bonds is 9. The first-order chi connectivity index (χ1) is 27.9. The fraction of sp³-hybridized carbons (Fsp3) is 0.286. The maximum absolute atomic E-state index is 14.0. The van der Waals surface area contributed by atoms with Crippen LogP contribution in [0.15, 0.2) is 110 Å². The van der Waals surface area contributed by atoms with E-state index in [0.717, 1.165) is 0 Å². The molecule has 0 fully saturated rings. The van der Waals surface area contributed by atoms with Gasteiger partial charge in [0, 0.05) is 45.8 Å². The topological polar surface area (TPSA) is 177 Å². The third-order valence-corrected chi connectivity index (χ3v) is 11.3. The van der Waals surface area contributed by atoms with Crippen LogP contribution in [-0.4, -0.2) is 101 Å². The second kappa shape index (κ2) is 14.7. The molecule has 7 N–H and O–H groups in total. The van der Waals surface area contributed by atoms with Crippen molar-refractivity contribution in [2.75, 3.05) is 33.0 Å². The van der Waals surface area contributed by atoms with E-state index in [0.29, 0.717) is 27.8 Å². The van der Waals surface area contributed by atoms with Crippen molar-refractivity contribution in [3.8, 4) is 44.5 Å². The SMILES string of the molecule is CC(CO)(CO)n1cc(-c2cccc3c2-c2ccccc2[C@]3(O)C(F)(F)F)cn1.OCC(CO)(CO)n1cc(-c2cccc3c2-c2ccccc2[C@]3(O)C(F)(F)F)cn1. The predicted octanol–water partition coefficient (Wildman–Crippen LogP) is 5.03. The number of benzene rings is 4. The van der Waals surface area contributed by atoms with Gasteiger partial charge in [-0.15, -0.1) is 0 Å². The lowest BCUT2D eigenvalue weighted by Gasteiger charge is -2.28. The summed E-state index contributed by atoms with van der Waals surface area (Å²) in [5, 5.41) is 77.9. The number of hydrogen-bond donors (Lipinski definition) is 7. The van der Waals surface area contributed by atoms with E-state index in [2.05, 4.69) is 10.2 Å². The maximum Gasteiger partial charge on any atom is 0.425 e. The van der Waals surface area contributed by atoms with E-state index in [1.165, 1.54) is 82.6 Å². The summed E-state index contributed by atoms with van der Waals surface area (Å²) in [4.78, 5) is 0. The van der Waals surface area contributed by atoms with Gasteiger partial charge in [0.1, 0.15) is 11.1 Å². The van der Waals surface area contributed by atoms with Crippen LogP contribution in [0.4, 0.5) is 26.3 Å². The Bertz CT molecular complexity index is 2500. The number of aliphatic hydroxyl groups is 7. The molecule has 0 saturated heterocycles. The quantitative estimate of drug-likeness (QED) is 0.0987. The molecule has 2 atom stereocenters. The number of aliphatic hydroxyl groups excluding tert-OH is 5. The number of alkyl halides is 6. The molecular formula is C42H38F6N4O7. The largest absolute Gasteiger partial charge is 0.425 e. The molecule has 2 aliphatic carbocycles. The molecule has 0 amide bonds. The highest BCUT2D eigenvalue weighted by molar-refractivity contribution is 5.93. The zero-order valence-corrected chi connectivity index (χ0v) is 31.1. The molecule has 0 spiro atoms. The first-order valence-corrected chi connectivity index (χ1v) is 18.1. The third kappa shape index (κ3) is 6.18. The minimum atomic E-state index is -4.93. The molecule has 6 aromatic rings. The standard InChI is InChI=1S/C21H19F3N2O4.C21H19F3N2O3/c22-21(23,24)20(30)16-6-2-1-4-15(16)18-14(5-3-7-17(18)20)13-8-25-26(9-13)19(10-27,11-28)12-29;1-19(11-27,12-28)26-10-13(9-25-26)14-6-4-8-17-18(14)15-5-2-3-7-16(15)20(17,29)21(22,23)24/h1-9,27-30H,10-12H2;2-10,27-29H,11-12H2,1H3/t2*20-/m11/s1. The van der Waals surface area contributed by atoms with Crippen molar-refractivity contribution >= 4 is 0 Å². The Kier molecular flexibility index (Phi) is 10.4. The highest BCUT2D eigenvalue weighted by atomic mass is 19.4. The molecule has 0 aliphatic heterocycles. The summed E-state index contributed by atoms with van der Waals surface area (Å²) in [6.45, 7) is -0.903. The van der Waals surface area contributed by atoms with Gasteiger partial charge in [-0.25, -0.2) is 0 Å². The van der Waals surface area contributed by atoms with Crippen molar-refractivity contribution < 1.29 is 62.1 Å². The average molecular weight is 825 g/mol. The van der Waals surface area contributed by atoms with Crippen LogP contribution in [0, 0.1) is 0 Å². The Morgan fingerprint density at radius 2 is 0.847 bits per heavy atom. The summed E-state index contributed by atoms with van der Waals surface area (Å²) in [6.07, 6.45) is -3.99. The molecule has 0 unspecified atom stereocenters. The Labute approximate surface area is 332 Å². The summed E-state index contributed by atoms with van der Waals surface area (Å²) < 4.78 is 86.4. The molecule has 2 heterocycles. The molecule has 2 aromatic heterocycles. The highest BCUT2D eigenvalue weighted by Gasteiger charge is 2.62. The summed E-state index contributed by atoms with van der Waals surface area (Å²) in [5.41, 5.74) is -6.85. The van der Waals surface area contributed by atoms with Crippen molar-refractivity contribution in [3.63, 3.8) is 0 Å². The lowest BCUT2D eigenvalue weighted by atomic mass is 9.89. The summed E-state index contributed by atoms with van der Waals surface area (Å²) in [6, 6.07) is 20.4. The van der Waals surface area contributed by atoms with Gasteiger partial charge in [-0.1, -0.05) is 84.9 Å². The van der Waals surface area contributed by atoms with Crippen LogP contribution in [0.5, 0.6) is 0 Å². The van der Waals surface area contributed by atoms with Crippen molar-refractivity contribution in [2.45, 2.75) is 41.6 Å². The average Bonchev–Trinajstić information content (AvgIpc) is 4.04. The maximum atomic E-state index is 14.0. The van der Waals surface area contributed by atoms with Crippen LogP contribution in [0.3, 0.4) is 0 Å². The number of fused-ring (bicyclic) bond motifs is 6. The van der Waals surface area contributed by atoms with Crippen LogP contribution < -0.4 is 0 Å². The molecule has 4 aromatic carbocycles. The third-order valence-electron chi connectivity index (χ3n) is 11.3. The van der Waals surface area contributed by atoms with E-state index in [1.807, 2.05) is 0 Å². The zero-order valence-electron chi connectivity index (χ0n) is 31.1. The van der Waals surface area contributed by atoms with Gasteiger partial charge in [-0.2, -0.15) is 36.5 Å².